The maximum absolute atomic E-state index is 12.4. The summed E-state index contributed by atoms with van der Waals surface area (Å²) in [7, 11) is 0. The van der Waals surface area contributed by atoms with Crippen LogP contribution in [0, 0.1) is 0 Å². The summed E-state index contributed by atoms with van der Waals surface area (Å²) in [6.45, 7) is 0.0295. The fraction of sp³-hybridized carbons (Fsp3) is 0.167. The molecular formula is C18H17BrClN3O4. The summed E-state index contributed by atoms with van der Waals surface area (Å²) in [6, 6.07) is 12.6. The highest BCUT2D eigenvalue weighted by molar-refractivity contribution is 9.10. The quantitative estimate of drug-likeness (QED) is 0.596. The first kappa shape index (κ1) is 20.7. The van der Waals surface area contributed by atoms with Gasteiger partial charge in [0.1, 0.15) is 12.6 Å². The minimum absolute atomic E-state index is 0.0295. The largest absolute Gasteiger partial charge is 0.445 e. The van der Waals surface area contributed by atoms with E-state index in [2.05, 4.69) is 26.6 Å². The fourth-order valence-corrected chi connectivity index (χ4v) is 2.62. The van der Waals surface area contributed by atoms with Gasteiger partial charge in [-0.15, -0.1) is 0 Å². The highest BCUT2D eigenvalue weighted by Crippen LogP contribution is 2.25. The zero-order valence-corrected chi connectivity index (χ0v) is 16.4. The molecular weight excluding hydrogens is 438 g/mol. The Morgan fingerprint density at radius 1 is 1.15 bits per heavy atom. The number of primary amides is 1. The van der Waals surface area contributed by atoms with Gasteiger partial charge in [0.05, 0.1) is 11.4 Å². The third-order valence-corrected chi connectivity index (χ3v) is 4.63. The minimum Gasteiger partial charge on any atom is -0.445 e. The second-order valence-electron chi connectivity index (χ2n) is 5.55. The first-order chi connectivity index (χ1) is 12.8. The van der Waals surface area contributed by atoms with Gasteiger partial charge in [-0.1, -0.05) is 41.9 Å². The Bertz CT molecular complexity index is 833. The maximum Gasteiger partial charge on any atom is 0.408 e. The smallest absolute Gasteiger partial charge is 0.408 e. The van der Waals surface area contributed by atoms with E-state index < -0.39 is 23.9 Å². The molecule has 0 fully saturated rings. The van der Waals surface area contributed by atoms with Gasteiger partial charge in [-0.2, -0.15) is 0 Å². The molecule has 0 radical (unpaired) electrons. The first-order valence-electron chi connectivity index (χ1n) is 7.86. The molecule has 0 aliphatic carbocycles. The van der Waals surface area contributed by atoms with Crippen molar-refractivity contribution < 1.29 is 19.1 Å². The van der Waals surface area contributed by atoms with Gasteiger partial charge in [0.2, 0.25) is 11.8 Å². The lowest BCUT2D eigenvalue weighted by Gasteiger charge is -2.17. The number of nitrogens with two attached hydrogens (primary N) is 1. The molecule has 0 bridgehead atoms. The van der Waals surface area contributed by atoms with Crippen molar-refractivity contribution in [2.75, 3.05) is 5.32 Å². The van der Waals surface area contributed by atoms with E-state index in [1.165, 1.54) is 0 Å². The summed E-state index contributed by atoms with van der Waals surface area (Å²) in [5.41, 5.74) is 6.40. The molecule has 4 N–H and O–H groups in total. The van der Waals surface area contributed by atoms with Gasteiger partial charge < -0.3 is 21.1 Å². The predicted molar refractivity (Wildman–Crippen MR) is 105 cm³/mol. The number of carbonyl (C=O) groups is 3. The van der Waals surface area contributed by atoms with E-state index in [4.69, 9.17) is 22.1 Å². The monoisotopic (exact) mass is 453 g/mol. The van der Waals surface area contributed by atoms with Crippen molar-refractivity contribution in [2.24, 2.45) is 5.73 Å². The SMILES string of the molecule is NC(=O)C[C@H](NC(=O)OCc1ccccc1)C(=O)Nc1ccc(Cl)c(Br)c1. The Morgan fingerprint density at radius 3 is 2.48 bits per heavy atom. The standard InChI is InChI=1S/C18H17BrClN3O4/c19-13-8-12(6-7-14(13)20)22-17(25)15(9-16(21)24)23-18(26)27-10-11-4-2-1-3-5-11/h1-8,15H,9-10H2,(H2,21,24)(H,22,25)(H,23,26)/t15-/m0/s1. The average molecular weight is 455 g/mol. The highest BCUT2D eigenvalue weighted by atomic mass is 79.9. The molecule has 142 valence electrons. The third-order valence-electron chi connectivity index (χ3n) is 3.41. The number of nitrogens with one attached hydrogen (secondary N) is 2. The van der Waals surface area contributed by atoms with Gasteiger partial charge in [0.25, 0.3) is 0 Å². The first-order valence-corrected chi connectivity index (χ1v) is 9.03. The predicted octanol–water partition coefficient (Wildman–Crippen LogP) is 3.21. The molecule has 7 nitrogen and oxygen atoms in total. The molecule has 0 spiro atoms. The van der Waals surface area contributed by atoms with Crippen LogP contribution in [-0.2, 0) is 20.9 Å². The van der Waals surface area contributed by atoms with Crippen LogP contribution in [0.4, 0.5) is 10.5 Å². The zero-order valence-electron chi connectivity index (χ0n) is 14.1. The van der Waals surface area contributed by atoms with E-state index in [1.54, 1.807) is 30.3 Å². The zero-order chi connectivity index (χ0) is 19.8. The Labute approximate surface area is 169 Å². The van der Waals surface area contributed by atoms with E-state index in [-0.39, 0.29) is 13.0 Å². The van der Waals surface area contributed by atoms with E-state index in [1.807, 2.05) is 18.2 Å². The van der Waals surface area contributed by atoms with Crippen LogP contribution in [0.3, 0.4) is 0 Å². The molecule has 3 amide bonds. The van der Waals surface area contributed by atoms with Crippen molar-refractivity contribution in [2.45, 2.75) is 19.1 Å². The summed E-state index contributed by atoms with van der Waals surface area (Å²) >= 11 is 9.16. The second kappa shape index (κ2) is 9.94. The molecule has 0 aliphatic heterocycles. The van der Waals surface area contributed by atoms with Gasteiger partial charge in [-0.3, -0.25) is 9.59 Å². The van der Waals surface area contributed by atoms with E-state index in [0.29, 0.717) is 15.2 Å². The number of ether oxygens (including phenoxy) is 1. The number of benzene rings is 2. The molecule has 0 saturated heterocycles. The summed E-state index contributed by atoms with van der Waals surface area (Å²) in [5, 5.41) is 5.42. The number of hydrogen-bond donors (Lipinski definition) is 3. The lowest BCUT2D eigenvalue weighted by molar-refractivity contribution is -0.123. The molecule has 0 aliphatic rings. The molecule has 9 heteroatoms. The van der Waals surface area contributed by atoms with Gasteiger partial charge in [0.15, 0.2) is 0 Å². The third kappa shape index (κ3) is 6.92. The number of halogens is 2. The Hall–Kier alpha value is -2.58. The number of carbonyl (C=O) groups excluding carboxylic acids is 3. The van der Waals surface area contributed by atoms with Gasteiger partial charge in [-0.05, 0) is 39.7 Å². The highest BCUT2D eigenvalue weighted by Gasteiger charge is 2.24. The number of rotatable bonds is 7. The normalized spacial score (nSPS) is 11.3. The fourth-order valence-electron chi connectivity index (χ4n) is 2.12. The lowest BCUT2D eigenvalue weighted by Crippen LogP contribution is -2.46. The molecule has 1 atom stereocenters. The molecule has 27 heavy (non-hydrogen) atoms. The van der Waals surface area contributed by atoms with Crippen molar-refractivity contribution in [3.05, 3.63) is 63.6 Å². The van der Waals surface area contributed by atoms with Crippen molar-refractivity contribution in [3.63, 3.8) is 0 Å². The minimum atomic E-state index is -1.18. The number of hydrogen-bond acceptors (Lipinski definition) is 4. The van der Waals surface area contributed by atoms with Crippen molar-refractivity contribution in [1.82, 2.24) is 5.32 Å². The number of alkyl carbamates (subject to hydrolysis) is 1. The van der Waals surface area contributed by atoms with Crippen molar-refractivity contribution in [3.8, 4) is 0 Å². The van der Waals surface area contributed by atoms with Crippen LogP contribution in [0.5, 0.6) is 0 Å². The van der Waals surface area contributed by atoms with Gasteiger partial charge >= 0.3 is 6.09 Å². The van der Waals surface area contributed by atoms with Gasteiger partial charge in [0, 0.05) is 10.2 Å². The van der Waals surface area contributed by atoms with Crippen molar-refractivity contribution >= 4 is 51.1 Å². The topological polar surface area (TPSA) is 111 Å². The molecule has 2 aromatic rings. The van der Waals surface area contributed by atoms with Gasteiger partial charge in [-0.25, -0.2) is 4.79 Å². The number of anilines is 1. The molecule has 0 heterocycles. The van der Waals surface area contributed by atoms with Crippen LogP contribution >= 0.6 is 27.5 Å². The summed E-state index contributed by atoms with van der Waals surface area (Å²) in [6.07, 6.45) is -1.21. The second-order valence-corrected chi connectivity index (χ2v) is 6.81. The van der Waals surface area contributed by atoms with E-state index in [0.717, 1.165) is 5.56 Å². The molecule has 0 saturated carbocycles. The lowest BCUT2D eigenvalue weighted by atomic mass is 10.2. The van der Waals surface area contributed by atoms with Crippen LogP contribution in [0.1, 0.15) is 12.0 Å². The van der Waals surface area contributed by atoms with Crippen LogP contribution in [-0.4, -0.2) is 23.9 Å². The summed E-state index contributed by atoms with van der Waals surface area (Å²) in [5.74, 6) is -1.35. The Balaban J connectivity index is 1.98. The van der Waals surface area contributed by atoms with E-state index in [9.17, 15) is 14.4 Å². The van der Waals surface area contributed by atoms with Crippen molar-refractivity contribution in [1.29, 1.82) is 0 Å². The molecule has 0 aromatic heterocycles. The molecule has 2 aromatic carbocycles. The Kier molecular flexibility index (Phi) is 7.63. The summed E-state index contributed by atoms with van der Waals surface area (Å²) in [4.78, 5) is 35.6. The number of amides is 3. The maximum atomic E-state index is 12.4. The Morgan fingerprint density at radius 2 is 1.85 bits per heavy atom. The van der Waals surface area contributed by atoms with E-state index >= 15 is 0 Å². The average Bonchev–Trinajstić information content (AvgIpc) is 2.63. The van der Waals surface area contributed by atoms with Crippen LogP contribution in [0.2, 0.25) is 5.02 Å². The van der Waals surface area contributed by atoms with Crippen LogP contribution in [0.25, 0.3) is 0 Å². The van der Waals surface area contributed by atoms with Crippen LogP contribution in [0.15, 0.2) is 53.0 Å². The molecule has 0 unspecified atom stereocenters. The summed E-state index contributed by atoms with van der Waals surface area (Å²) < 4.78 is 5.65. The molecule has 2 rings (SSSR count). The van der Waals surface area contributed by atoms with Crippen LogP contribution < -0.4 is 16.4 Å².